The number of aryl methyl sites for hydroxylation is 1. The molecule has 35 heavy (non-hydrogen) atoms. The van der Waals surface area contributed by atoms with E-state index < -0.39 is 12.6 Å². The van der Waals surface area contributed by atoms with E-state index in [1.807, 2.05) is 38.3 Å². The molecule has 8 nitrogen and oxygen atoms in total. The number of carbonyl (C=O) groups excluding carboxylic acids is 2. The maximum Gasteiger partial charge on any atom is 0.359 e. The molecule has 2 aromatic carbocycles. The number of rotatable bonds is 5. The van der Waals surface area contributed by atoms with Crippen molar-refractivity contribution in [2.45, 2.75) is 33.2 Å². The Bertz CT molecular complexity index is 1520. The second kappa shape index (κ2) is 9.07. The minimum atomic E-state index is -0.738. The number of hydrogen-bond acceptors (Lipinski definition) is 7. The van der Waals surface area contributed by atoms with Crippen LogP contribution in [-0.4, -0.2) is 39.8 Å². The van der Waals surface area contributed by atoms with E-state index in [-0.39, 0.29) is 23.2 Å². The lowest BCUT2D eigenvalue weighted by Crippen LogP contribution is -2.34. The van der Waals surface area contributed by atoms with E-state index in [9.17, 15) is 14.4 Å². The van der Waals surface area contributed by atoms with Gasteiger partial charge in [-0.1, -0.05) is 24.3 Å². The van der Waals surface area contributed by atoms with Gasteiger partial charge in [-0.25, -0.2) is 14.5 Å². The average molecular weight is 489 g/mol. The molecule has 1 aliphatic heterocycles. The van der Waals surface area contributed by atoms with Crippen LogP contribution in [0.3, 0.4) is 0 Å². The van der Waals surface area contributed by atoms with Crippen LogP contribution in [0.1, 0.15) is 40.9 Å². The van der Waals surface area contributed by atoms with Crippen molar-refractivity contribution in [3.8, 4) is 11.3 Å². The first-order chi connectivity index (χ1) is 16.8. The van der Waals surface area contributed by atoms with Crippen LogP contribution in [0.25, 0.3) is 22.0 Å². The SMILES string of the molecule is Cc1nc(-c2ccc3c(c2)CCN3C(=O)COC(=O)c2nn(C(C)C)c(=O)c3ccccc23)cs1. The molecule has 2 aromatic heterocycles. The minimum absolute atomic E-state index is 0.0201. The normalized spacial score (nSPS) is 12.9. The smallest absolute Gasteiger partial charge is 0.359 e. The predicted molar refractivity (Wildman–Crippen MR) is 135 cm³/mol. The summed E-state index contributed by atoms with van der Waals surface area (Å²) in [7, 11) is 0. The van der Waals surface area contributed by atoms with Gasteiger partial charge in [0.15, 0.2) is 12.3 Å². The van der Waals surface area contributed by atoms with Crippen molar-refractivity contribution in [3.05, 3.63) is 74.5 Å². The van der Waals surface area contributed by atoms with Gasteiger partial charge in [0.1, 0.15) is 0 Å². The molecule has 0 fully saturated rings. The fourth-order valence-corrected chi connectivity index (χ4v) is 4.92. The van der Waals surface area contributed by atoms with Crippen molar-refractivity contribution >= 4 is 39.7 Å². The second-order valence-electron chi connectivity index (χ2n) is 8.70. The number of benzene rings is 2. The Labute approximate surface area is 205 Å². The first kappa shape index (κ1) is 22.9. The molecule has 0 bridgehead atoms. The van der Waals surface area contributed by atoms with Gasteiger partial charge >= 0.3 is 5.97 Å². The average Bonchev–Trinajstić information content (AvgIpc) is 3.48. The number of esters is 1. The molecule has 4 aromatic rings. The molecule has 0 N–H and O–H groups in total. The Morgan fingerprint density at radius 1 is 1.14 bits per heavy atom. The summed E-state index contributed by atoms with van der Waals surface area (Å²) < 4.78 is 6.64. The van der Waals surface area contributed by atoms with Crippen LogP contribution < -0.4 is 10.5 Å². The number of amides is 1. The molecule has 9 heteroatoms. The van der Waals surface area contributed by atoms with Gasteiger partial charge in [0.25, 0.3) is 11.5 Å². The Kier molecular flexibility index (Phi) is 5.94. The first-order valence-electron chi connectivity index (χ1n) is 11.4. The van der Waals surface area contributed by atoms with Gasteiger partial charge in [-0.15, -0.1) is 11.3 Å². The molecule has 0 atom stereocenters. The van der Waals surface area contributed by atoms with Crippen molar-refractivity contribution in [2.75, 3.05) is 18.1 Å². The van der Waals surface area contributed by atoms with Crippen LogP contribution in [-0.2, 0) is 16.0 Å². The van der Waals surface area contributed by atoms with Gasteiger partial charge in [-0.05, 0) is 51.0 Å². The zero-order valence-corrected chi connectivity index (χ0v) is 20.5. The quantitative estimate of drug-likeness (QED) is 0.392. The van der Waals surface area contributed by atoms with Gasteiger partial charge in [-0.2, -0.15) is 5.10 Å². The molecular weight excluding hydrogens is 464 g/mol. The zero-order valence-electron chi connectivity index (χ0n) is 19.6. The third kappa shape index (κ3) is 4.23. The maximum atomic E-state index is 13.0. The molecule has 1 aliphatic rings. The fourth-order valence-electron chi connectivity index (χ4n) is 4.30. The highest BCUT2D eigenvalue weighted by Crippen LogP contribution is 2.33. The minimum Gasteiger partial charge on any atom is -0.451 e. The number of aromatic nitrogens is 3. The van der Waals surface area contributed by atoms with Crippen LogP contribution >= 0.6 is 11.3 Å². The summed E-state index contributed by atoms with van der Waals surface area (Å²) >= 11 is 1.60. The van der Waals surface area contributed by atoms with Gasteiger partial charge in [0.2, 0.25) is 0 Å². The topological polar surface area (TPSA) is 94.4 Å². The third-order valence-electron chi connectivity index (χ3n) is 6.03. The van der Waals surface area contributed by atoms with E-state index in [4.69, 9.17) is 4.74 Å². The fraction of sp³-hybridized carbons (Fsp3) is 0.269. The molecule has 0 radical (unpaired) electrons. The summed E-state index contributed by atoms with van der Waals surface area (Å²) in [6.45, 7) is 5.70. The molecular formula is C26H24N4O4S. The van der Waals surface area contributed by atoms with Gasteiger partial charge in [0.05, 0.1) is 22.1 Å². The van der Waals surface area contributed by atoms with E-state index in [1.54, 1.807) is 40.5 Å². The van der Waals surface area contributed by atoms with Crippen molar-refractivity contribution < 1.29 is 14.3 Å². The molecule has 3 heterocycles. The summed E-state index contributed by atoms with van der Waals surface area (Å²) in [5.41, 5.74) is 3.57. The lowest BCUT2D eigenvalue weighted by Gasteiger charge is -2.18. The number of nitrogens with zero attached hydrogens (tertiary/aromatic N) is 4. The van der Waals surface area contributed by atoms with E-state index in [1.165, 1.54) is 4.68 Å². The van der Waals surface area contributed by atoms with E-state index in [0.29, 0.717) is 17.3 Å². The molecule has 178 valence electrons. The number of ether oxygens (including phenoxy) is 1. The van der Waals surface area contributed by atoms with Crippen molar-refractivity contribution in [1.29, 1.82) is 0 Å². The number of hydrogen-bond donors (Lipinski definition) is 0. The highest BCUT2D eigenvalue weighted by atomic mass is 32.1. The summed E-state index contributed by atoms with van der Waals surface area (Å²) in [6, 6.07) is 12.5. The lowest BCUT2D eigenvalue weighted by atomic mass is 10.1. The Morgan fingerprint density at radius 3 is 2.63 bits per heavy atom. The Hall–Kier alpha value is -3.85. The highest BCUT2D eigenvalue weighted by molar-refractivity contribution is 7.09. The standard InChI is InChI=1S/C26H24N4O4S/c1-15(2)30-25(32)20-7-5-4-6-19(20)24(28-30)26(33)34-13-23(31)29-11-10-18-12-17(8-9-22(18)29)21-14-35-16(3)27-21/h4-9,12,14-15H,10-11,13H2,1-3H3. The predicted octanol–water partition coefficient (Wildman–Crippen LogP) is 4.16. The number of anilines is 1. The number of thiazole rings is 1. The summed E-state index contributed by atoms with van der Waals surface area (Å²) in [5, 5.41) is 8.07. The zero-order chi connectivity index (χ0) is 24.7. The van der Waals surface area contributed by atoms with Crippen LogP contribution in [0.15, 0.2) is 52.6 Å². The monoisotopic (exact) mass is 488 g/mol. The highest BCUT2D eigenvalue weighted by Gasteiger charge is 2.27. The van der Waals surface area contributed by atoms with Gasteiger partial charge in [0, 0.05) is 28.6 Å². The van der Waals surface area contributed by atoms with Gasteiger partial charge < -0.3 is 9.64 Å². The summed E-state index contributed by atoms with van der Waals surface area (Å²) in [4.78, 5) is 44.8. The molecule has 0 saturated heterocycles. The summed E-state index contributed by atoms with van der Waals surface area (Å²) in [6.07, 6.45) is 0.720. The molecule has 0 saturated carbocycles. The van der Waals surface area contributed by atoms with Crippen LogP contribution in [0, 0.1) is 6.92 Å². The molecule has 1 amide bonds. The maximum absolute atomic E-state index is 13.0. The van der Waals surface area contributed by atoms with Crippen LogP contribution in [0.2, 0.25) is 0 Å². The molecule has 0 aliphatic carbocycles. The van der Waals surface area contributed by atoms with E-state index in [2.05, 4.69) is 16.1 Å². The van der Waals surface area contributed by atoms with Gasteiger partial charge in [-0.3, -0.25) is 9.59 Å². The van der Waals surface area contributed by atoms with E-state index in [0.717, 1.165) is 33.9 Å². The Balaban J connectivity index is 1.34. The number of carbonyl (C=O) groups is 2. The first-order valence-corrected chi connectivity index (χ1v) is 12.3. The van der Waals surface area contributed by atoms with Crippen LogP contribution in [0.4, 0.5) is 5.69 Å². The number of fused-ring (bicyclic) bond motifs is 2. The molecule has 0 spiro atoms. The Morgan fingerprint density at radius 2 is 1.91 bits per heavy atom. The van der Waals surface area contributed by atoms with Crippen molar-refractivity contribution in [3.63, 3.8) is 0 Å². The van der Waals surface area contributed by atoms with Crippen LogP contribution in [0.5, 0.6) is 0 Å². The summed E-state index contributed by atoms with van der Waals surface area (Å²) in [5.74, 6) is -1.05. The lowest BCUT2D eigenvalue weighted by molar-refractivity contribution is -0.121. The molecule has 5 rings (SSSR count). The largest absolute Gasteiger partial charge is 0.451 e. The van der Waals surface area contributed by atoms with E-state index >= 15 is 0 Å². The second-order valence-corrected chi connectivity index (χ2v) is 9.77. The van der Waals surface area contributed by atoms with Crippen molar-refractivity contribution in [1.82, 2.24) is 14.8 Å². The third-order valence-corrected chi connectivity index (χ3v) is 6.80. The van der Waals surface area contributed by atoms with Crippen molar-refractivity contribution in [2.24, 2.45) is 0 Å². The molecule has 0 unspecified atom stereocenters.